The highest BCUT2D eigenvalue weighted by atomic mass is 16.3. The van der Waals surface area contributed by atoms with Gasteiger partial charge in [-0.2, -0.15) is 0 Å². The molecule has 0 fully saturated rings. The lowest BCUT2D eigenvalue weighted by Crippen LogP contribution is -2.17. The van der Waals surface area contributed by atoms with E-state index in [4.69, 9.17) is 4.42 Å². The summed E-state index contributed by atoms with van der Waals surface area (Å²) in [5.41, 5.74) is 25.9. The van der Waals surface area contributed by atoms with Crippen molar-refractivity contribution in [3.8, 4) is 61.3 Å². The highest BCUT2D eigenvalue weighted by molar-refractivity contribution is 6.16. The average Bonchev–Trinajstić information content (AvgIpc) is 4.17. The molecule has 0 radical (unpaired) electrons. The fourth-order valence-electron chi connectivity index (χ4n) is 13.2. The van der Waals surface area contributed by atoms with Gasteiger partial charge in [0.1, 0.15) is 11.2 Å². The molecule has 2 aromatic heterocycles. The quantitative estimate of drug-likeness (QED) is 0.159. The smallest absolute Gasteiger partial charge is 0.143 e. The fraction of sp³-hybridized carbons (Fsp3) is 0.0833. The van der Waals surface area contributed by atoms with Gasteiger partial charge in [-0.3, -0.25) is 0 Å². The molecule has 0 spiro atoms. The Morgan fingerprint density at radius 2 is 0.920 bits per heavy atom. The zero-order valence-corrected chi connectivity index (χ0v) is 42.4. The second-order valence-electron chi connectivity index (χ2n) is 21.6. The molecule has 75 heavy (non-hydrogen) atoms. The Morgan fingerprint density at radius 1 is 0.347 bits per heavy atom. The van der Waals surface area contributed by atoms with Crippen LogP contribution in [0.2, 0.25) is 0 Å². The van der Waals surface area contributed by atoms with Crippen molar-refractivity contribution in [2.24, 2.45) is 0 Å². The summed E-state index contributed by atoms with van der Waals surface area (Å²) in [5.74, 6) is 0. The largest absolute Gasteiger partial charge is 0.455 e. The van der Waals surface area contributed by atoms with Crippen LogP contribution in [0.4, 0.5) is 17.1 Å². The van der Waals surface area contributed by atoms with Crippen LogP contribution in [0.15, 0.2) is 247 Å². The predicted molar refractivity (Wildman–Crippen MR) is 314 cm³/mol. The van der Waals surface area contributed by atoms with Gasteiger partial charge in [-0.25, -0.2) is 0 Å². The molecule has 356 valence electrons. The first-order chi connectivity index (χ1) is 36.7. The molecule has 2 aliphatic rings. The second-order valence-corrected chi connectivity index (χ2v) is 21.6. The Labute approximate surface area is 437 Å². The molecule has 0 atom stereocenters. The van der Waals surface area contributed by atoms with Crippen molar-refractivity contribution in [1.29, 1.82) is 0 Å². The predicted octanol–water partition coefficient (Wildman–Crippen LogP) is 19.8. The molecule has 0 aliphatic heterocycles. The summed E-state index contributed by atoms with van der Waals surface area (Å²) in [5, 5.41) is 4.79. The van der Waals surface area contributed by atoms with E-state index >= 15 is 0 Å². The monoisotopic (exact) mass is 960 g/mol. The normalized spacial score (nSPS) is 13.8. The summed E-state index contributed by atoms with van der Waals surface area (Å²) in [7, 11) is 0. The van der Waals surface area contributed by atoms with E-state index in [0.29, 0.717) is 0 Å². The second kappa shape index (κ2) is 16.2. The molecule has 3 heteroatoms. The van der Waals surface area contributed by atoms with Crippen LogP contribution in [0, 0.1) is 0 Å². The lowest BCUT2D eigenvalue weighted by molar-refractivity contribution is 0.660. The van der Waals surface area contributed by atoms with Crippen LogP contribution >= 0.6 is 0 Å². The topological polar surface area (TPSA) is 21.3 Å². The molecule has 15 rings (SSSR count). The van der Waals surface area contributed by atoms with E-state index in [9.17, 15) is 0 Å². The summed E-state index contributed by atoms with van der Waals surface area (Å²) in [6.45, 7) is 9.52. The first-order valence-electron chi connectivity index (χ1n) is 26.2. The molecule has 0 N–H and O–H groups in total. The molecule has 11 aromatic carbocycles. The average molecular weight is 961 g/mol. The summed E-state index contributed by atoms with van der Waals surface area (Å²) in [6.07, 6.45) is 0. The Hall–Kier alpha value is -9.18. The van der Waals surface area contributed by atoms with Crippen molar-refractivity contribution < 1.29 is 4.42 Å². The summed E-state index contributed by atoms with van der Waals surface area (Å²) in [4.78, 5) is 2.48. The summed E-state index contributed by atoms with van der Waals surface area (Å²) >= 11 is 0. The van der Waals surface area contributed by atoms with Gasteiger partial charge in [-0.15, -0.1) is 0 Å². The van der Waals surface area contributed by atoms with E-state index in [-0.39, 0.29) is 10.8 Å². The molecular weight excluding hydrogens is 909 g/mol. The maximum atomic E-state index is 6.63. The third-order valence-corrected chi connectivity index (χ3v) is 16.8. The van der Waals surface area contributed by atoms with Crippen LogP contribution < -0.4 is 4.90 Å². The minimum atomic E-state index is -0.214. The van der Waals surface area contributed by atoms with E-state index in [2.05, 4.69) is 274 Å². The minimum absolute atomic E-state index is 0.167. The highest BCUT2D eigenvalue weighted by Crippen LogP contribution is 2.54. The highest BCUT2D eigenvalue weighted by Gasteiger charge is 2.38. The number of anilines is 3. The van der Waals surface area contributed by atoms with Crippen molar-refractivity contribution >= 4 is 60.8 Å². The van der Waals surface area contributed by atoms with Gasteiger partial charge >= 0.3 is 0 Å². The van der Waals surface area contributed by atoms with Crippen molar-refractivity contribution in [2.75, 3.05) is 4.90 Å². The Morgan fingerprint density at radius 3 is 1.80 bits per heavy atom. The lowest BCUT2D eigenvalue weighted by Gasteiger charge is -2.30. The molecule has 0 unspecified atom stereocenters. The SMILES string of the molecule is CC1(C)c2ccc(-c3ccccc3N(c3cccc(-c4cccc5c4oc4ccccc45)c3)c3ccc4c(c3)C(C)(C)c3ccccc3-4)cc2-c2ccc(-c3cccc4c3c3ccccc3n4-c3ccccc3)cc21. The van der Waals surface area contributed by atoms with Crippen LogP contribution in [0.25, 0.3) is 105 Å². The number of furan rings is 1. The molecule has 0 bridgehead atoms. The molecule has 13 aromatic rings. The van der Waals surface area contributed by atoms with E-state index < -0.39 is 0 Å². The number of benzene rings is 11. The standard InChI is InChI=1S/C72H52N2O/c1-71(2)61-30-12-8-24-54(61)55-39-37-50(44-64(55)71)73(49-22-16-19-45(41-49)53-28-17-29-58-57-25-11-15-34-68(57)75-70(53)58)65-31-13-9-23-51(65)46-36-40-62-60(42-46)56-38-35-47(43-63(56)72(62,3)4)52-27-18-33-67-69(52)59-26-10-14-32-66(59)74(67)48-20-6-5-7-21-48/h5-44H,1-4H3. The third kappa shape index (κ3) is 6.41. The number of hydrogen-bond acceptors (Lipinski definition) is 2. The lowest BCUT2D eigenvalue weighted by atomic mass is 9.81. The third-order valence-electron chi connectivity index (χ3n) is 16.8. The number of aromatic nitrogens is 1. The first kappa shape index (κ1) is 43.4. The van der Waals surface area contributed by atoms with Gasteiger partial charge in [0, 0.05) is 60.6 Å². The number of para-hydroxylation sites is 5. The van der Waals surface area contributed by atoms with Gasteiger partial charge < -0.3 is 13.9 Å². The van der Waals surface area contributed by atoms with Crippen LogP contribution in [-0.2, 0) is 10.8 Å². The molecule has 0 amide bonds. The molecule has 2 heterocycles. The number of fused-ring (bicyclic) bond motifs is 12. The molecular formula is C72H52N2O. The van der Waals surface area contributed by atoms with Gasteiger partial charge in [-0.05, 0) is 140 Å². The maximum Gasteiger partial charge on any atom is 0.143 e. The molecule has 0 saturated carbocycles. The van der Waals surface area contributed by atoms with Crippen molar-refractivity contribution in [2.45, 2.75) is 38.5 Å². The Bertz CT molecular complexity index is 4490. The van der Waals surface area contributed by atoms with Gasteiger partial charge in [0.15, 0.2) is 0 Å². The van der Waals surface area contributed by atoms with Crippen molar-refractivity contribution in [3.63, 3.8) is 0 Å². The van der Waals surface area contributed by atoms with Gasteiger partial charge in [0.2, 0.25) is 0 Å². The van der Waals surface area contributed by atoms with Crippen LogP contribution in [0.3, 0.4) is 0 Å². The van der Waals surface area contributed by atoms with Crippen molar-refractivity contribution in [3.05, 3.63) is 265 Å². The first-order valence-corrected chi connectivity index (χ1v) is 26.2. The number of nitrogens with zero attached hydrogens (tertiary/aromatic N) is 2. The zero-order chi connectivity index (χ0) is 50.2. The van der Waals surface area contributed by atoms with Crippen LogP contribution in [0.1, 0.15) is 49.9 Å². The van der Waals surface area contributed by atoms with E-state index in [1.165, 1.54) is 88.7 Å². The van der Waals surface area contributed by atoms with Gasteiger partial charge in [-0.1, -0.05) is 198 Å². The summed E-state index contributed by atoms with van der Waals surface area (Å²) < 4.78 is 9.04. The van der Waals surface area contributed by atoms with Crippen LogP contribution in [0.5, 0.6) is 0 Å². The zero-order valence-electron chi connectivity index (χ0n) is 42.4. The minimum Gasteiger partial charge on any atom is -0.455 e. The molecule has 0 saturated heterocycles. The maximum absolute atomic E-state index is 6.63. The fourth-order valence-corrected chi connectivity index (χ4v) is 13.2. The van der Waals surface area contributed by atoms with E-state index in [1.807, 2.05) is 6.07 Å². The molecule has 2 aliphatic carbocycles. The number of hydrogen-bond donors (Lipinski definition) is 0. The van der Waals surface area contributed by atoms with E-state index in [1.54, 1.807) is 0 Å². The summed E-state index contributed by atoms with van der Waals surface area (Å²) in [6, 6.07) is 89.6. The number of rotatable bonds is 7. The Kier molecular flexibility index (Phi) is 9.35. The van der Waals surface area contributed by atoms with Gasteiger partial charge in [0.25, 0.3) is 0 Å². The molecule has 3 nitrogen and oxygen atoms in total. The van der Waals surface area contributed by atoms with Crippen LogP contribution in [-0.4, -0.2) is 4.57 Å². The van der Waals surface area contributed by atoms with Crippen molar-refractivity contribution in [1.82, 2.24) is 4.57 Å². The van der Waals surface area contributed by atoms with E-state index in [0.717, 1.165) is 55.7 Å². The Balaban J connectivity index is 0.877. The van der Waals surface area contributed by atoms with Gasteiger partial charge in [0.05, 0.1) is 16.7 Å².